The van der Waals surface area contributed by atoms with Gasteiger partial charge in [-0.3, -0.25) is 14.4 Å². The lowest BCUT2D eigenvalue weighted by atomic mass is 10.1. The van der Waals surface area contributed by atoms with Gasteiger partial charge in [-0.1, -0.05) is 25.4 Å². The van der Waals surface area contributed by atoms with Gasteiger partial charge in [0.25, 0.3) is 5.91 Å². The quantitative estimate of drug-likeness (QED) is 0.665. The van der Waals surface area contributed by atoms with Crippen molar-refractivity contribution in [2.24, 2.45) is 5.92 Å². The van der Waals surface area contributed by atoms with Gasteiger partial charge in [0, 0.05) is 18.1 Å². The maximum absolute atomic E-state index is 12.6. The third-order valence-electron chi connectivity index (χ3n) is 4.46. The van der Waals surface area contributed by atoms with Crippen molar-refractivity contribution in [2.75, 3.05) is 26.3 Å². The summed E-state index contributed by atoms with van der Waals surface area (Å²) in [5.74, 6) is -0.247. The van der Waals surface area contributed by atoms with Gasteiger partial charge in [-0.05, 0) is 43.0 Å². The van der Waals surface area contributed by atoms with E-state index in [9.17, 15) is 14.4 Å². The highest BCUT2D eigenvalue weighted by molar-refractivity contribution is 6.30. The highest BCUT2D eigenvalue weighted by atomic mass is 35.5. The van der Waals surface area contributed by atoms with Crippen LogP contribution in [0, 0.1) is 12.8 Å². The second-order valence-corrected chi connectivity index (χ2v) is 7.64. The predicted molar refractivity (Wildman–Crippen MR) is 105 cm³/mol. The van der Waals surface area contributed by atoms with Crippen LogP contribution < -0.4 is 10.1 Å². The molecular weight excluding hydrogens is 384 g/mol. The van der Waals surface area contributed by atoms with Gasteiger partial charge in [-0.15, -0.1) is 0 Å². The summed E-state index contributed by atoms with van der Waals surface area (Å²) in [5, 5.41) is 3.27. The van der Waals surface area contributed by atoms with Crippen LogP contribution in [0.3, 0.4) is 0 Å². The van der Waals surface area contributed by atoms with Gasteiger partial charge in [0.2, 0.25) is 5.91 Å². The van der Waals surface area contributed by atoms with Gasteiger partial charge >= 0.3 is 5.97 Å². The number of halogens is 1. The number of amides is 2. The summed E-state index contributed by atoms with van der Waals surface area (Å²) in [4.78, 5) is 38.3. The Balaban J connectivity index is 1.95. The van der Waals surface area contributed by atoms with Crippen molar-refractivity contribution in [3.63, 3.8) is 0 Å². The smallest absolute Gasteiger partial charge is 0.308 e. The Hall–Kier alpha value is -2.28. The van der Waals surface area contributed by atoms with E-state index >= 15 is 0 Å². The topological polar surface area (TPSA) is 84.9 Å². The lowest BCUT2D eigenvalue weighted by molar-refractivity contribution is -0.152. The van der Waals surface area contributed by atoms with Crippen LogP contribution in [0.4, 0.5) is 0 Å². The molecular formula is C20H27ClN2O5. The largest absolute Gasteiger partial charge is 0.483 e. The lowest BCUT2D eigenvalue weighted by Crippen LogP contribution is -2.58. The first-order valence-electron chi connectivity index (χ1n) is 9.39. The van der Waals surface area contributed by atoms with Gasteiger partial charge in [-0.2, -0.15) is 0 Å². The molecule has 0 aliphatic carbocycles. The maximum Gasteiger partial charge on any atom is 0.308 e. The van der Waals surface area contributed by atoms with E-state index in [1.807, 2.05) is 20.8 Å². The SMILES string of the molecule is Cc1cc(Cl)ccc1OCC(=O)N1CCNC(=O)C1CC(=O)OCCC(C)C. The zero-order valence-corrected chi connectivity index (χ0v) is 17.3. The number of hydrogen-bond donors (Lipinski definition) is 1. The van der Waals surface area contributed by atoms with E-state index in [0.717, 1.165) is 12.0 Å². The van der Waals surface area contributed by atoms with Crippen molar-refractivity contribution in [1.82, 2.24) is 10.2 Å². The summed E-state index contributed by atoms with van der Waals surface area (Å²) in [6.45, 7) is 6.62. The third-order valence-corrected chi connectivity index (χ3v) is 4.69. The van der Waals surface area contributed by atoms with Crippen LogP contribution in [0.5, 0.6) is 5.75 Å². The van der Waals surface area contributed by atoms with E-state index in [4.69, 9.17) is 21.1 Å². The van der Waals surface area contributed by atoms with Crippen LogP contribution in [0.1, 0.15) is 32.3 Å². The molecule has 2 amide bonds. The molecule has 1 N–H and O–H groups in total. The first-order valence-corrected chi connectivity index (χ1v) is 9.77. The van der Waals surface area contributed by atoms with Gasteiger partial charge in [-0.25, -0.2) is 0 Å². The van der Waals surface area contributed by atoms with Crippen molar-refractivity contribution >= 4 is 29.4 Å². The molecule has 7 nitrogen and oxygen atoms in total. The van der Waals surface area contributed by atoms with Crippen LogP contribution >= 0.6 is 11.6 Å². The number of carbonyl (C=O) groups excluding carboxylic acids is 3. The molecule has 8 heteroatoms. The Labute approximate surface area is 170 Å². The molecule has 0 spiro atoms. The molecule has 1 fully saturated rings. The van der Waals surface area contributed by atoms with E-state index in [1.54, 1.807) is 18.2 Å². The van der Waals surface area contributed by atoms with Crippen LogP contribution in [-0.4, -0.2) is 55.0 Å². The molecule has 0 radical (unpaired) electrons. The maximum atomic E-state index is 12.6. The van der Waals surface area contributed by atoms with Crippen LogP contribution in [-0.2, 0) is 19.1 Å². The fourth-order valence-corrected chi connectivity index (χ4v) is 3.07. The molecule has 1 aromatic rings. The number of aryl methyl sites for hydroxylation is 1. The summed E-state index contributed by atoms with van der Waals surface area (Å²) in [6, 6.07) is 4.23. The lowest BCUT2D eigenvalue weighted by Gasteiger charge is -2.34. The molecule has 2 rings (SSSR count). The molecule has 1 unspecified atom stereocenters. The number of nitrogens with one attached hydrogen (secondary N) is 1. The second kappa shape index (κ2) is 10.3. The average molecular weight is 411 g/mol. The van der Waals surface area contributed by atoms with Crippen molar-refractivity contribution in [2.45, 2.75) is 39.7 Å². The molecule has 0 aromatic heterocycles. The molecule has 1 atom stereocenters. The Kier molecular flexibility index (Phi) is 8.11. The minimum atomic E-state index is -0.886. The molecule has 0 bridgehead atoms. The highest BCUT2D eigenvalue weighted by Gasteiger charge is 2.35. The molecule has 28 heavy (non-hydrogen) atoms. The molecule has 1 aliphatic rings. The first-order chi connectivity index (χ1) is 13.3. The van der Waals surface area contributed by atoms with Crippen LogP contribution in [0.25, 0.3) is 0 Å². The zero-order valence-electron chi connectivity index (χ0n) is 16.5. The fraction of sp³-hybridized carbons (Fsp3) is 0.550. The van der Waals surface area contributed by atoms with Gasteiger partial charge in [0.15, 0.2) is 6.61 Å². The number of nitrogens with zero attached hydrogens (tertiary/aromatic N) is 1. The van der Waals surface area contributed by atoms with E-state index in [2.05, 4.69) is 5.32 Å². The number of ether oxygens (including phenoxy) is 2. The normalized spacial score (nSPS) is 16.7. The van der Waals surface area contributed by atoms with Crippen molar-refractivity contribution in [1.29, 1.82) is 0 Å². The molecule has 1 saturated heterocycles. The number of rotatable bonds is 8. The Morgan fingerprint density at radius 2 is 2.11 bits per heavy atom. The summed E-state index contributed by atoms with van der Waals surface area (Å²) < 4.78 is 10.8. The Morgan fingerprint density at radius 3 is 2.79 bits per heavy atom. The minimum absolute atomic E-state index is 0.171. The highest BCUT2D eigenvalue weighted by Crippen LogP contribution is 2.22. The number of piperazine rings is 1. The van der Waals surface area contributed by atoms with E-state index < -0.39 is 12.0 Å². The zero-order chi connectivity index (χ0) is 20.7. The van der Waals surface area contributed by atoms with E-state index in [-0.39, 0.29) is 24.8 Å². The average Bonchev–Trinajstić information content (AvgIpc) is 2.62. The van der Waals surface area contributed by atoms with Crippen molar-refractivity contribution in [3.8, 4) is 5.75 Å². The van der Waals surface area contributed by atoms with Crippen molar-refractivity contribution in [3.05, 3.63) is 28.8 Å². The number of carbonyl (C=O) groups is 3. The molecule has 0 saturated carbocycles. The summed E-state index contributed by atoms with van der Waals surface area (Å²) in [6.07, 6.45) is 0.579. The van der Waals surface area contributed by atoms with E-state index in [0.29, 0.717) is 36.4 Å². The minimum Gasteiger partial charge on any atom is -0.483 e. The van der Waals surface area contributed by atoms with Crippen LogP contribution in [0.2, 0.25) is 5.02 Å². The second-order valence-electron chi connectivity index (χ2n) is 7.20. The van der Waals surface area contributed by atoms with Crippen molar-refractivity contribution < 1.29 is 23.9 Å². The molecule has 1 aliphatic heterocycles. The molecule has 154 valence electrons. The summed E-state index contributed by atoms with van der Waals surface area (Å²) in [5.41, 5.74) is 0.807. The molecule has 1 aromatic carbocycles. The monoisotopic (exact) mass is 410 g/mol. The van der Waals surface area contributed by atoms with Gasteiger partial charge in [0.1, 0.15) is 11.8 Å². The van der Waals surface area contributed by atoms with Gasteiger partial charge < -0.3 is 19.7 Å². The number of hydrogen-bond acceptors (Lipinski definition) is 5. The van der Waals surface area contributed by atoms with E-state index in [1.165, 1.54) is 4.90 Å². The van der Waals surface area contributed by atoms with Crippen LogP contribution in [0.15, 0.2) is 18.2 Å². The Morgan fingerprint density at radius 1 is 1.36 bits per heavy atom. The van der Waals surface area contributed by atoms with Gasteiger partial charge in [0.05, 0.1) is 13.0 Å². The number of esters is 1. The first kappa shape index (κ1) is 22.0. The molecule has 1 heterocycles. The Bertz CT molecular complexity index is 723. The third kappa shape index (κ3) is 6.41. The standard InChI is InChI=1S/C20H27ClN2O5/c1-13(2)6-9-27-19(25)11-16-20(26)22-7-8-23(16)18(24)12-28-17-5-4-15(21)10-14(17)3/h4-5,10,13,16H,6-9,11-12H2,1-3H3,(H,22,26). The number of benzene rings is 1. The predicted octanol–water partition coefficient (Wildman–Crippen LogP) is 2.33. The fourth-order valence-electron chi connectivity index (χ4n) is 2.84. The summed E-state index contributed by atoms with van der Waals surface area (Å²) >= 11 is 5.92. The summed E-state index contributed by atoms with van der Waals surface area (Å²) in [7, 11) is 0.